The lowest BCUT2D eigenvalue weighted by molar-refractivity contribution is 0.314. The third kappa shape index (κ3) is 5.14. The van der Waals surface area contributed by atoms with Gasteiger partial charge in [-0.1, -0.05) is 42.5 Å². The smallest absolute Gasteiger partial charge is 0.119 e. The fourth-order valence-corrected chi connectivity index (χ4v) is 1.95. The van der Waals surface area contributed by atoms with Crippen molar-refractivity contribution in [2.75, 3.05) is 19.7 Å². The topological polar surface area (TPSA) is 21.3 Å². The van der Waals surface area contributed by atoms with E-state index in [2.05, 4.69) is 48.6 Å². The summed E-state index contributed by atoms with van der Waals surface area (Å²) in [6.07, 6.45) is 1.06. The van der Waals surface area contributed by atoms with E-state index in [-0.39, 0.29) is 0 Å². The van der Waals surface area contributed by atoms with E-state index in [1.54, 1.807) is 0 Å². The first kappa shape index (κ1) is 13.6. The van der Waals surface area contributed by atoms with Crippen molar-refractivity contribution in [1.82, 2.24) is 5.32 Å². The third-order valence-corrected chi connectivity index (χ3v) is 2.97. The molecule has 2 nitrogen and oxygen atoms in total. The first-order chi connectivity index (χ1) is 9.34. The number of rotatable bonds is 7. The average molecular weight is 255 g/mol. The normalized spacial score (nSPS) is 10.4. The summed E-state index contributed by atoms with van der Waals surface area (Å²) in [7, 11) is 0. The Kier molecular flexibility index (Phi) is 5.45. The molecule has 0 aliphatic carbocycles. The van der Waals surface area contributed by atoms with E-state index in [9.17, 15) is 0 Å². The van der Waals surface area contributed by atoms with Gasteiger partial charge in [0.15, 0.2) is 0 Å². The van der Waals surface area contributed by atoms with Crippen LogP contribution in [0.5, 0.6) is 5.75 Å². The molecule has 100 valence electrons. The van der Waals surface area contributed by atoms with E-state index in [4.69, 9.17) is 4.74 Å². The van der Waals surface area contributed by atoms with Gasteiger partial charge in [-0.05, 0) is 43.1 Å². The van der Waals surface area contributed by atoms with E-state index in [1.807, 2.05) is 18.2 Å². The molecule has 0 saturated heterocycles. The van der Waals surface area contributed by atoms with Crippen LogP contribution in [-0.2, 0) is 6.42 Å². The minimum absolute atomic E-state index is 0.707. The molecule has 0 radical (unpaired) electrons. The van der Waals surface area contributed by atoms with Gasteiger partial charge >= 0.3 is 0 Å². The molecule has 0 unspecified atom stereocenters. The van der Waals surface area contributed by atoms with Crippen LogP contribution in [0.3, 0.4) is 0 Å². The van der Waals surface area contributed by atoms with Crippen LogP contribution in [0.15, 0.2) is 54.6 Å². The predicted molar refractivity (Wildman–Crippen MR) is 79.7 cm³/mol. The molecular formula is C17H21NO. The van der Waals surface area contributed by atoms with E-state index < -0.39 is 0 Å². The number of aryl methyl sites for hydroxylation is 1. The Hall–Kier alpha value is -1.80. The van der Waals surface area contributed by atoms with E-state index in [0.29, 0.717) is 6.61 Å². The molecule has 0 aliphatic heterocycles. The highest BCUT2D eigenvalue weighted by Gasteiger charge is 1.94. The summed E-state index contributed by atoms with van der Waals surface area (Å²) in [6, 6.07) is 18.7. The van der Waals surface area contributed by atoms with Gasteiger partial charge in [0.25, 0.3) is 0 Å². The maximum absolute atomic E-state index is 5.68. The van der Waals surface area contributed by atoms with Crippen molar-refractivity contribution < 1.29 is 4.74 Å². The number of ether oxygens (including phenoxy) is 1. The van der Waals surface area contributed by atoms with Crippen molar-refractivity contribution in [2.45, 2.75) is 13.3 Å². The van der Waals surface area contributed by atoms with E-state index >= 15 is 0 Å². The van der Waals surface area contributed by atoms with Crippen LogP contribution in [0.2, 0.25) is 0 Å². The van der Waals surface area contributed by atoms with Gasteiger partial charge < -0.3 is 10.1 Å². The maximum Gasteiger partial charge on any atom is 0.119 e. The Bertz CT molecular complexity index is 482. The summed E-state index contributed by atoms with van der Waals surface area (Å²) < 4.78 is 5.68. The molecule has 19 heavy (non-hydrogen) atoms. The summed E-state index contributed by atoms with van der Waals surface area (Å²) in [5.41, 5.74) is 2.60. The first-order valence-corrected chi connectivity index (χ1v) is 6.79. The highest BCUT2D eigenvalue weighted by Crippen LogP contribution is 2.11. The maximum atomic E-state index is 5.68. The number of hydrogen-bond acceptors (Lipinski definition) is 2. The van der Waals surface area contributed by atoms with Crippen molar-refractivity contribution in [3.05, 3.63) is 65.7 Å². The van der Waals surface area contributed by atoms with Gasteiger partial charge in [0.1, 0.15) is 12.4 Å². The van der Waals surface area contributed by atoms with Gasteiger partial charge in [-0.3, -0.25) is 0 Å². The lowest BCUT2D eigenvalue weighted by Gasteiger charge is -2.08. The molecule has 0 heterocycles. The zero-order valence-corrected chi connectivity index (χ0v) is 11.4. The van der Waals surface area contributed by atoms with Gasteiger partial charge in [0.2, 0.25) is 0 Å². The summed E-state index contributed by atoms with van der Waals surface area (Å²) in [4.78, 5) is 0. The SMILES string of the molecule is Cc1cccc(OCCNCCc2ccccc2)c1. The molecule has 2 aromatic rings. The van der Waals surface area contributed by atoms with Gasteiger partial charge in [-0.2, -0.15) is 0 Å². The summed E-state index contributed by atoms with van der Waals surface area (Å²) in [6.45, 7) is 4.64. The summed E-state index contributed by atoms with van der Waals surface area (Å²) >= 11 is 0. The standard InChI is InChI=1S/C17H21NO/c1-15-6-5-9-17(14-15)19-13-12-18-11-10-16-7-3-2-4-8-16/h2-9,14,18H,10-13H2,1H3. The molecule has 2 rings (SSSR count). The van der Waals surface area contributed by atoms with Gasteiger partial charge in [0, 0.05) is 6.54 Å². The molecule has 0 aliphatic rings. The Morgan fingerprint density at radius 3 is 2.58 bits per heavy atom. The van der Waals surface area contributed by atoms with E-state index in [0.717, 1.165) is 25.3 Å². The van der Waals surface area contributed by atoms with Crippen LogP contribution in [0.1, 0.15) is 11.1 Å². The highest BCUT2D eigenvalue weighted by atomic mass is 16.5. The second-order valence-electron chi connectivity index (χ2n) is 4.65. The fraction of sp³-hybridized carbons (Fsp3) is 0.294. The van der Waals surface area contributed by atoms with Crippen LogP contribution in [0.4, 0.5) is 0 Å². The molecule has 0 amide bonds. The molecule has 0 bridgehead atoms. The largest absolute Gasteiger partial charge is 0.492 e. The molecule has 2 heteroatoms. The second kappa shape index (κ2) is 7.59. The summed E-state index contributed by atoms with van der Waals surface area (Å²) in [5.74, 6) is 0.949. The van der Waals surface area contributed by atoms with Crippen molar-refractivity contribution in [3.63, 3.8) is 0 Å². The molecular weight excluding hydrogens is 234 g/mol. The average Bonchev–Trinajstić information content (AvgIpc) is 2.44. The zero-order valence-electron chi connectivity index (χ0n) is 11.4. The van der Waals surface area contributed by atoms with Crippen LogP contribution < -0.4 is 10.1 Å². The third-order valence-electron chi connectivity index (χ3n) is 2.97. The van der Waals surface area contributed by atoms with Gasteiger partial charge in [-0.15, -0.1) is 0 Å². The number of hydrogen-bond donors (Lipinski definition) is 1. The predicted octanol–water partition coefficient (Wildman–Crippen LogP) is 3.21. The molecule has 0 saturated carbocycles. The molecule has 0 fully saturated rings. The Morgan fingerprint density at radius 1 is 0.947 bits per heavy atom. The van der Waals surface area contributed by atoms with Gasteiger partial charge in [-0.25, -0.2) is 0 Å². The molecule has 0 spiro atoms. The highest BCUT2D eigenvalue weighted by molar-refractivity contribution is 5.27. The van der Waals surface area contributed by atoms with E-state index in [1.165, 1.54) is 11.1 Å². The Balaban J connectivity index is 1.58. The monoisotopic (exact) mass is 255 g/mol. The lowest BCUT2D eigenvalue weighted by Crippen LogP contribution is -2.23. The van der Waals surface area contributed by atoms with Crippen molar-refractivity contribution in [2.24, 2.45) is 0 Å². The minimum atomic E-state index is 0.707. The van der Waals surface area contributed by atoms with Crippen LogP contribution >= 0.6 is 0 Å². The first-order valence-electron chi connectivity index (χ1n) is 6.79. The van der Waals surface area contributed by atoms with Gasteiger partial charge in [0.05, 0.1) is 0 Å². The van der Waals surface area contributed by atoms with Crippen LogP contribution in [0, 0.1) is 6.92 Å². The molecule has 1 N–H and O–H groups in total. The second-order valence-corrected chi connectivity index (χ2v) is 4.65. The number of nitrogens with one attached hydrogen (secondary N) is 1. The molecule has 0 atom stereocenters. The van der Waals surface area contributed by atoms with Crippen molar-refractivity contribution in [3.8, 4) is 5.75 Å². The Labute approximate surface area is 115 Å². The lowest BCUT2D eigenvalue weighted by atomic mass is 10.1. The fourth-order valence-electron chi connectivity index (χ4n) is 1.95. The quantitative estimate of drug-likeness (QED) is 0.767. The van der Waals surface area contributed by atoms with Crippen LogP contribution in [-0.4, -0.2) is 19.7 Å². The molecule has 0 aromatic heterocycles. The number of benzene rings is 2. The van der Waals surface area contributed by atoms with Crippen molar-refractivity contribution >= 4 is 0 Å². The van der Waals surface area contributed by atoms with Crippen LogP contribution in [0.25, 0.3) is 0 Å². The van der Waals surface area contributed by atoms with Crippen molar-refractivity contribution in [1.29, 1.82) is 0 Å². The summed E-state index contributed by atoms with van der Waals surface area (Å²) in [5, 5.41) is 3.39. The minimum Gasteiger partial charge on any atom is -0.492 e. The Morgan fingerprint density at radius 2 is 1.79 bits per heavy atom. The zero-order chi connectivity index (χ0) is 13.3. The molecule has 2 aromatic carbocycles.